The molecule has 1 N–H and O–H groups in total. The Morgan fingerprint density at radius 3 is 2.92 bits per heavy atom. The van der Waals surface area contributed by atoms with E-state index in [1.54, 1.807) is 0 Å². The molecule has 2 nitrogen and oxygen atoms in total. The fourth-order valence-corrected chi connectivity index (χ4v) is 1.91. The Kier molecular flexibility index (Phi) is 3.86. The highest BCUT2D eigenvalue weighted by molar-refractivity contribution is 6.27. The van der Waals surface area contributed by atoms with Crippen LogP contribution in [0.5, 0.6) is 0 Å². The van der Waals surface area contributed by atoms with Gasteiger partial charge in [0.05, 0.1) is 0 Å². The Hall–Kier alpha value is -0.240. The second-order valence-corrected chi connectivity index (χ2v) is 3.94. The van der Waals surface area contributed by atoms with Crippen LogP contribution in [-0.4, -0.2) is 17.8 Å². The number of nitrogens with one attached hydrogen (secondary N) is 1. The standard InChI is InChI=1S/C9H16ClNO/c1-7-3-2-4-8(5-7)11-9(12)6-10/h7-8H,2-6H2,1H3,(H,11,12). The molecule has 0 aromatic rings. The lowest BCUT2D eigenvalue weighted by Crippen LogP contribution is -2.38. The molecule has 0 radical (unpaired) electrons. The number of halogens is 1. The minimum Gasteiger partial charge on any atom is -0.352 e. The molecule has 1 amide bonds. The van der Waals surface area contributed by atoms with Gasteiger partial charge in [0.2, 0.25) is 5.91 Å². The van der Waals surface area contributed by atoms with Crippen LogP contribution < -0.4 is 5.32 Å². The molecule has 0 aromatic heterocycles. The lowest BCUT2D eigenvalue weighted by Gasteiger charge is -2.27. The maximum Gasteiger partial charge on any atom is 0.235 e. The molecular weight excluding hydrogens is 174 g/mol. The van der Waals surface area contributed by atoms with E-state index in [0.717, 1.165) is 18.8 Å². The summed E-state index contributed by atoms with van der Waals surface area (Å²) in [5.41, 5.74) is 0. The summed E-state index contributed by atoms with van der Waals surface area (Å²) in [6, 6.07) is 0.375. The molecule has 2 atom stereocenters. The van der Waals surface area contributed by atoms with E-state index in [9.17, 15) is 4.79 Å². The van der Waals surface area contributed by atoms with Crippen molar-refractivity contribution in [3.05, 3.63) is 0 Å². The second kappa shape index (κ2) is 4.70. The molecule has 1 aliphatic carbocycles. The van der Waals surface area contributed by atoms with Crippen molar-refractivity contribution in [2.24, 2.45) is 5.92 Å². The predicted molar refractivity (Wildman–Crippen MR) is 50.3 cm³/mol. The molecule has 0 spiro atoms. The highest BCUT2D eigenvalue weighted by Gasteiger charge is 2.19. The van der Waals surface area contributed by atoms with Crippen LogP contribution in [0.15, 0.2) is 0 Å². The highest BCUT2D eigenvalue weighted by Crippen LogP contribution is 2.23. The molecule has 1 fully saturated rings. The van der Waals surface area contributed by atoms with Gasteiger partial charge in [-0.25, -0.2) is 0 Å². The minimum absolute atomic E-state index is 0.0317. The van der Waals surface area contributed by atoms with Crippen molar-refractivity contribution in [1.82, 2.24) is 5.32 Å². The second-order valence-electron chi connectivity index (χ2n) is 3.67. The third kappa shape index (κ3) is 3.02. The number of carbonyl (C=O) groups excluding carboxylic acids is 1. The third-order valence-electron chi connectivity index (χ3n) is 2.42. The van der Waals surface area contributed by atoms with Crippen LogP contribution in [0.1, 0.15) is 32.6 Å². The summed E-state index contributed by atoms with van der Waals surface area (Å²) in [6.45, 7) is 2.24. The molecule has 2 unspecified atom stereocenters. The topological polar surface area (TPSA) is 29.1 Å². The van der Waals surface area contributed by atoms with Crippen molar-refractivity contribution in [3.63, 3.8) is 0 Å². The first-order valence-electron chi connectivity index (χ1n) is 4.57. The Bertz CT molecular complexity index is 161. The molecule has 1 aliphatic rings. The molecule has 3 heteroatoms. The van der Waals surface area contributed by atoms with Gasteiger partial charge in [-0.3, -0.25) is 4.79 Å². The smallest absolute Gasteiger partial charge is 0.235 e. The van der Waals surface area contributed by atoms with Crippen LogP contribution >= 0.6 is 11.6 Å². The number of hydrogen-bond acceptors (Lipinski definition) is 1. The molecule has 1 saturated carbocycles. The van der Waals surface area contributed by atoms with Gasteiger partial charge in [0.25, 0.3) is 0 Å². The molecule has 0 saturated heterocycles. The number of carbonyl (C=O) groups is 1. The van der Waals surface area contributed by atoms with Crippen LogP contribution in [0.2, 0.25) is 0 Å². The predicted octanol–water partition coefficient (Wildman–Crippen LogP) is 1.92. The first-order valence-corrected chi connectivity index (χ1v) is 5.11. The fourth-order valence-electron chi connectivity index (χ4n) is 1.83. The van der Waals surface area contributed by atoms with Crippen molar-refractivity contribution in [2.45, 2.75) is 38.6 Å². The van der Waals surface area contributed by atoms with Gasteiger partial charge in [-0.15, -0.1) is 11.6 Å². The van der Waals surface area contributed by atoms with E-state index in [1.165, 1.54) is 12.8 Å². The zero-order valence-corrected chi connectivity index (χ0v) is 8.23. The fraction of sp³-hybridized carbons (Fsp3) is 0.889. The molecule has 70 valence electrons. The average molecular weight is 190 g/mol. The lowest BCUT2D eigenvalue weighted by molar-refractivity contribution is -0.119. The third-order valence-corrected chi connectivity index (χ3v) is 2.67. The maximum atomic E-state index is 10.9. The van der Waals surface area contributed by atoms with E-state index in [2.05, 4.69) is 12.2 Å². The van der Waals surface area contributed by atoms with E-state index >= 15 is 0 Å². The minimum atomic E-state index is -0.0317. The van der Waals surface area contributed by atoms with Gasteiger partial charge in [-0.05, 0) is 18.8 Å². The summed E-state index contributed by atoms with van der Waals surface area (Å²) in [5, 5.41) is 2.93. The Labute approximate surface area is 78.7 Å². The van der Waals surface area contributed by atoms with E-state index in [0.29, 0.717) is 6.04 Å². The Morgan fingerprint density at radius 1 is 1.58 bits per heavy atom. The largest absolute Gasteiger partial charge is 0.352 e. The molecule has 12 heavy (non-hydrogen) atoms. The van der Waals surface area contributed by atoms with Crippen LogP contribution in [0.3, 0.4) is 0 Å². The summed E-state index contributed by atoms with van der Waals surface area (Å²) < 4.78 is 0. The van der Waals surface area contributed by atoms with E-state index in [1.807, 2.05) is 0 Å². The van der Waals surface area contributed by atoms with Gasteiger partial charge in [0.15, 0.2) is 0 Å². The highest BCUT2D eigenvalue weighted by atomic mass is 35.5. The van der Waals surface area contributed by atoms with Crippen LogP contribution in [0, 0.1) is 5.92 Å². The molecule has 0 heterocycles. The first-order chi connectivity index (χ1) is 5.72. The number of rotatable bonds is 2. The number of amides is 1. The van der Waals surface area contributed by atoms with E-state index in [4.69, 9.17) is 11.6 Å². The van der Waals surface area contributed by atoms with Crippen LogP contribution in [-0.2, 0) is 4.79 Å². The van der Waals surface area contributed by atoms with Gasteiger partial charge in [0, 0.05) is 6.04 Å². The molecule has 0 bridgehead atoms. The average Bonchev–Trinajstić information content (AvgIpc) is 2.04. The van der Waals surface area contributed by atoms with Crippen molar-refractivity contribution in [1.29, 1.82) is 0 Å². The van der Waals surface area contributed by atoms with Crippen molar-refractivity contribution in [2.75, 3.05) is 5.88 Å². The zero-order valence-electron chi connectivity index (χ0n) is 7.48. The Morgan fingerprint density at radius 2 is 2.33 bits per heavy atom. The molecule has 0 aliphatic heterocycles. The van der Waals surface area contributed by atoms with E-state index < -0.39 is 0 Å². The monoisotopic (exact) mass is 189 g/mol. The quantitative estimate of drug-likeness (QED) is 0.661. The van der Waals surface area contributed by atoms with Gasteiger partial charge in [0.1, 0.15) is 5.88 Å². The zero-order chi connectivity index (χ0) is 8.97. The number of alkyl halides is 1. The molecule has 0 aromatic carbocycles. The molecular formula is C9H16ClNO. The summed E-state index contributed by atoms with van der Waals surface area (Å²) in [7, 11) is 0. The summed E-state index contributed by atoms with van der Waals surface area (Å²) in [6.07, 6.45) is 4.76. The Balaban J connectivity index is 2.27. The van der Waals surface area contributed by atoms with E-state index in [-0.39, 0.29) is 11.8 Å². The number of hydrogen-bond donors (Lipinski definition) is 1. The normalized spacial score (nSPS) is 29.8. The maximum absolute atomic E-state index is 10.9. The van der Waals surface area contributed by atoms with Gasteiger partial charge in [-0.2, -0.15) is 0 Å². The summed E-state index contributed by atoms with van der Waals surface area (Å²) in [5.74, 6) is 0.806. The SMILES string of the molecule is CC1CCCC(NC(=O)CCl)C1. The van der Waals surface area contributed by atoms with Crippen LogP contribution in [0.4, 0.5) is 0 Å². The first kappa shape index (κ1) is 9.85. The van der Waals surface area contributed by atoms with Crippen molar-refractivity contribution >= 4 is 17.5 Å². The summed E-state index contributed by atoms with van der Waals surface area (Å²) >= 11 is 5.40. The molecule has 1 rings (SSSR count). The van der Waals surface area contributed by atoms with Crippen molar-refractivity contribution in [3.8, 4) is 0 Å². The summed E-state index contributed by atoms with van der Waals surface area (Å²) in [4.78, 5) is 10.9. The van der Waals surface area contributed by atoms with Gasteiger partial charge < -0.3 is 5.32 Å². The van der Waals surface area contributed by atoms with Crippen LogP contribution in [0.25, 0.3) is 0 Å². The van der Waals surface area contributed by atoms with Crippen molar-refractivity contribution < 1.29 is 4.79 Å². The van der Waals surface area contributed by atoms with Gasteiger partial charge >= 0.3 is 0 Å². The van der Waals surface area contributed by atoms with Gasteiger partial charge in [-0.1, -0.05) is 19.8 Å². The lowest BCUT2D eigenvalue weighted by atomic mass is 9.87.